The van der Waals surface area contributed by atoms with Crippen LogP contribution in [-0.4, -0.2) is 23.8 Å². The van der Waals surface area contributed by atoms with E-state index in [-0.39, 0.29) is 0 Å². The maximum atomic E-state index is 10.2. The first-order valence-electron chi connectivity index (χ1n) is 7.34. The molecule has 2 N–H and O–H groups in total. The van der Waals surface area contributed by atoms with E-state index >= 15 is 0 Å². The second-order valence-corrected chi connectivity index (χ2v) is 6.14. The first kappa shape index (κ1) is 16.9. The lowest BCUT2D eigenvalue weighted by Crippen LogP contribution is -2.40. The Morgan fingerprint density at radius 3 is 2.35 bits per heavy atom. The molecule has 0 aromatic carbocycles. The van der Waals surface area contributed by atoms with Gasteiger partial charge in [-0.15, -0.1) is 0 Å². The summed E-state index contributed by atoms with van der Waals surface area (Å²) in [6.45, 7) is 12.5. The number of hydrogen-bond donors (Lipinski definition) is 2. The summed E-state index contributed by atoms with van der Waals surface area (Å²) in [6.07, 6.45) is 6.02. The third-order valence-corrected chi connectivity index (χ3v) is 3.33. The number of unbranched alkanes of at least 4 members (excludes halogenated alkanes) is 1. The predicted molar refractivity (Wildman–Crippen MR) is 76.3 cm³/mol. The molecule has 0 rings (SSSR count). The van der Waals surface area contributed by atoms with Crippen molar-refractivity contribution in [3.8, 4) is 0 Å². The van der Waals surface area contributed by atoms with E-state index in [4.69, 9.17) is 0 Å². The van der Waals surface area contributed by atoms with E-state index in [1.54, 1.807) is 0 Å². The normalized spacial score (nSPS) is 17.1. The van der Waals surface area contributed by atoms with Gasteiger partial charge in [0.1, 0.15) is 0 Å². The minimum atomic E-state index is -0.558. The van der Waals surface area contributed by atoms with Gasteiger partial charge in [-0.1, -0.05) is 47.0 Å². The summed E-state index contributed by atoms with van der Waals surface area (Å²) >= 11 is 0. The van der Waals surface area contributed by atoms with E-state index in [1.807, 2.05) is 6.92 Å². The van der Waals surface area contributed by atoms with Crippen molar-refractivity contribution in [2.45, 2.75) is 72.3 Å². The van der Waals surface area contributed by atoms with Crippen LogP contribution >= 0.6 is 0 Å². The van der Waals surface area contributed by atoms with Crippen molar-refractivity contribution in [1.82, 2.24) is 5.32 Å². The van der Waals surface area contributed by atoms with Crippen LogP contribution in [0.15, 0.2) is 0 Å². The first-order chi connectivity index (χ1) is 7.91. The topological polar surface area (TPSA) is 32.3 Å². The molecule has 2 nitrogen and oxygen atoms in total. The summed E-state index contributed by atoms with van der Waals surface area (Å²) in [4.78, 5) is 0. The van der Waals surface area contributed by atoms with Crippen LogP contribution in [0.25, 0.3) is 0 Å². The van der Waals surface area contributed by atoms with E-state index in [2.05, 4.69) is 33.0 Å². The van der Waals surface area contributed by atoms with Gasteiger partial charge in [0.25, 0.3) is 0 Å². The fourth-order valence-electron chi connectivity index (χ4n) is 2.44. The van der Waals surface area contributed by atoms with Crippen molar-refractivity contribution < 1.29 is 5.11 Å². The molecule has 0 aromatic rings. The molecule has 0 heterocycles. The molecule has 0 bridgehead atoms. The van der Waals surface area contributed by atoms with Gasteiger partial charge in [-0.05, 0) is 38.1 Å². The molecule has 104 valence electrons. The van der Waals surface area contributed by atoms with Gasteiger partial charge in [-0.3, -0.25) is 0 Å². The molecule has 0 saturated carbocycles. The Bertz CT molecular complexity index is 178. The minimum Gasteiger partial charge on any atom is -0.389 e. The molecule has 2 atom stereocenters. The maximum absolute atomic E-state index is 10.2. The van der Waals surface area contributed by atoms with Crippen LogP contribution in [0.5, 0.6) is 0 Å². The zero-order valence-electron chi connectivity index (χ0n) is 12.6. The highest BCUT2D eigenvalue weighted by molar-refractivity contribution is 4.77. The summed E-state index contributed by atoms with van der Waals surface area (Å²) < 4.78 is 0. The van der Waals surface area contributed by atoms with Crippen LogP contribution in [0.2, 0.25) is 0 Å². The number of nitrogens with one attached hydrogen (secondary N) is 1. The third-order valence-electron chi connectivity index (χ3n) is 3.33. The molecule has 0 aliphatic heterocycles. The lowest BCUT2D eigenvalue weighted by Gasteiger charge is -2.27. The standard InChI is InChI=1S/C15H33NO/c1-6-8-9-14(7-2)11-16-12-15(5,17)10-13(3)4/h13-14,16-17H,6-12H2,1-5H3. The van der Waals surface area contributed by atoms with E-state index in [1.165, 1.54) is 25.7 Å². The van der Waals surface area contributed by atoms with Gasteiger partial charge in [0.15, 0.2) is 0 Å². The van der Waals surface area contributed by atoms with Gasteiger partial charge in [0, 0.05) is 6.54 Å². The van der Waals surface area contributed by atoms with Crippen LogP contribution < -0.4 is 5.32 Å². The second kappa shape index (κ2) is 8.93. The van der Waals surface area contributed by atoms with Crippen molar-refractivity contribution >= 4 is 0 Å². The monoisotopic (exact) mass is 243 g/mol. The molecule has 0 aromatic heterocycles. The van der Waals surface area contributed by atoms with Crippen LogP contribution in [0.3, 0.4) is 0 Å². The molecule has 2 heteroatoms. The Hall–Kier alpha value is -0.0800. The SMILES string of the molecule is CCCCC(CC)CNCC(C)(O)CC(C)C. The minimum absolute atomic E-state index is 0.550. The summed E-state index contributed by atoms with van der Waals surface area (Å²) in [5.74, 6) is 1.32. The highest BCUT2D eigenvalue weighted by atomic mass is 16.3. The zero-order valence-corrected chi connectivity index (χ0v) is 12.6. The van der Waals surface area contributed by atoms with Crippen molar-refractivity contribution in [3.05, 3.63) is 0 Å². The lowest BCUT2D eigenvalue weighted by molar-refractivity contribution is 0.0377. The van der Waals surface area contributed by atoms with Crippen molar-refractivity contribution in [2.75, 3.05) is 13.1 Å². The van der Waals surface area contributed by atoms with Gasteiger partial charge in [-0.2, -0.15) is 0 Å². The van der Waals surface area contributed by atoms with Gasteiger partial charge >= 0.3 is 0 Å². The molecule has 0 aliphatic rings. The predicted octanol–water partition coefficient (Wildman–Crippen LogP) is 3.59. The Kier molecular flexibility index (Phi) is 8.89. The Labute approximate surface area is 108 Å². The average molecular weight is 243 g/mol. The van der Waals surface area contributed by atoms with Crippen molar-refractivity contribution in [3.63, 3.8) is 0 Å². The van der Waals surface area contributed by atoms with Crippen LogP contribution in [0.4, 0.5) is 0 Å². The smallest absolute Gasteiger partial charge is 0.0746 e. The van der Waals surface area contributed by atoms with Gasteiger partial charge in [0.05, 0.1) is 5.60 Å². The molecule has 2 unspecified atom stereocenters. The third kappa shape index (κ3) is 9.61. The van der Waals surface area contributed by atoms with Crippen LogP contribution in [-0.2, 0) is 0 Å². The summed E-state index contributed by atoms with van der Waals surface area (Å²) in [5.41, 5.74) is -0.558. The maximum Gasteiger partial charge on any atom is 0.0746 e. The number of rotatable bonds is 10. The molecule has 0 saturated heterocycles. The Morgan fingerprint density at radius 2 is 1.88 bits per heavy atom. The van der Waals surface area contributed by atoms with E-state index in [0.29, 0.717) is 12.5 Å². The van der Waals surface area contributed by atoms with Crippen LogP contribution in [0, 0.1) is 11.8 Å². The first-order valence-corrected chi connectivity index (χ1v) is 7.34. The molecule has 17 heavy (non-hydrogen) atoms. The number of aliphatic hydroxyl groups is 1. The second-order valence-electron chi connectivity index (χ2n) is 6.14. The molecule has 0 spiro atoms. The fraction of sp³-hybridized carbons (Fsp3) is 1.00. The lowest BCUT2D eigenvalue weighted by atomic mass is 9.93. The summed E-state index contributed by atoms with van der Waals surface area (Å²) in [7, 11) is 0. The fourth-order valence-corrected chi connectivity index (χ4v) is 2.44. The highest BCUT2D eigenvalue weighted by Gasteiger charge is 2.21. The Balaban J connectivity index is 3.78. The van der Waals surface area contributed by atoms with E-state index < -0.39 is 5.60 Å². The van der Waals surface area contributed by atoms with Gasteiger partial charge < -0.3 is 10.4 Å². The molecule has 0 radical (unpaired) electrons. The molecule has 0 amide bonds. The highest BCUT2D eigenvalue weighted by Crippen LogP contribution is 2.16. The number of hydrogen-bond acceptors (Lipinski definition) is 2. The van der Waals surface area contributed by atoms with Crippen molar-refractivity contribution in [2.24, 2.45) is 11.8 Å². The molecule has 0 aliphatic carbocycles. The average Bonchev–Trinajstić information content (AvgIpc) is 2.21. The van der Waals surface area contributed by atoms with Crippen LogP contribution in [0.1, 0.15) is 66.7 Å². The molecular weight excluding hydrogens is 210 g/mol. The molecular formula is C15H33NO. The molecule has 0 fully saturated rings. The Morgan fingerprint density at radius 1 is 1.24 bits per heavy atom. The summed E-state index contributed by atoms with van der Waals surface area (Å²) in [6, 6.07) is 0. The largest absolute Gasteiger partial charge is 0.389 e. The van der Waals surface area contributed by atoms with Gasteiger partial charge in [-0.25, -0.2) is 0 Å². The van der Waals surface area contributed by atoms with E-state index in [0.717, 1.165) is 18.9 Å². The quantitative estimate of drug-likeness (QED) is 0.614. The summed E-state index contributed by atoms with van der Waals surface area (Å²) in [5, 5.41) is 13.6. The van der Waals surface area contributed by atoms with Crippen molar-refractivity contribution in [1.29, 1.82) is 0 Å². The van der Waals surface area contributed by atoms with Gasteiger partial charge in [0.2, 0.25) is 0 Å². The van der Waals surface area contributed by atoms with E-state index in [9.17, 15) is 5.11 Å². The zero-order chi connectivity index (χ0) is 13.3.